The Labute approximate surface area is 234 Å². The van der Waals surface area contributed by atoms with Gasteiger partial charge >= 0.3 is 16.3 Å². The lowest BCUT2D eigenvalue weighted by Crippen LogP contribution is -2.53. The first-order valence-corrected chi connectivity index (χ1v) is 15.5. The number of benzene rings is 2. The number of hydrogen-bond acceptors (Lipinski definition) is 8. The molecule has 2 fully saturated rings. The van der Waals surface area contributed by atoms with Crippen LogP contribution in [-0.2, 0) is 31.6 Å². The molecular weight excluding hydrogens is 581 g/mol. The monoisotopic (exact) mass is 605 g/mol. The largest absolute Gasteiger partial charge is 0.511 e. The van der Waals surface area contributed by atoms with Crippen LogP contribution < -0.4 is 14.8 Å². The van der Waals surface area contributed by atoms with E-state index in [4.69, 9.17) is 5.11 Å². The average Bonchev–Trinajstić information content (AvgIpc) is 3.49. The number of amides is 2. The maximum absolute atomic E-state index is 13.9. The first kappa shape index (κ1) is 27.0. The first-order valence-electron chi connectivity index (χ1n) is 12.6. The van der Waals surface area contributed by atoms with Gasteiger partial charge in [0.2, 0.25) is 0 Å². The maximum Gasteiger partial charge on any atom is 0.419 e. The van der Waals surface area contributed by atoms with Gasteiger partial charge in [-0.05, 0) is 67.0 Å². The van der Waals surface area contributed by atoms with Crippen molar-refractivity contribution in [2.24, 2.45) is 22.2 Å². The quantitative estimate of drug-likeness (QED) is 0.329. The summed E-state index contributed by atoms with van der Waals surface area (Å²) in [5.74, 6) is -1.77. The first-order chi connectivity index (χ1) is 19.3. The number of amidine groups is 1. The molecule has 0 spiro atoms. The molecule has 0 saturated heterocycles. The van der Waals surface area contributed by atoms with Crippen molar-refractivity contribution in [1.82, 2.24) is 9.62 Å². The third kappa shape index (κ3) is 4.76. The van der Waals surface area contributed by atoms with E-state index < -0.39 is 48.9 Å². The van der Waals surface area contributed by atoms with Crippen LogP contribution in [0.4, 0.5) is 20.6 Å². The van der Waals surface area contributed by atoms with Gasteiger partial charge in [-0.15, -0.1) is 4.40 Å². The summed E-state index contributed by atoms with van der Waals surface area (Å²) in [6.45, 7) is 0.130. The second-order valence-electron chi connectivity index (χ2n) is 10.4. The molecule has 6 rings (SSSR count). The summed E-state index contributed by atoms with van der Waals surface area (Å²) in [5, 5.41) is 22.9. The van der Waals surface area contributed by atoms with Crippen molar-refractivity contribution in [2.45, 2.75) is 36.7 Å². The van der Waals surface area contributed by atoms with E-state index in [9.17, 15) is 35.9 Å². The van der Waals surface area contributed by atoms with Crippen LogP contribution in [-0.4, -0.2) is 55.8 Å². The summed E-state index contributed by atoms with van der Waals surface area (Å²) in [6.07, 6.45) is 0.737. The second kappa shape index (κ2) is 9.44. The number of fused-ring (bicyclic) bond motifs is 6. The Morgan fingerprint density at radius 2 is 1.85 bits per heavy atom. The van der Waals surface area contributed by atoms with E-state index in [0.717, 1.165) is 25.3 Å². The molecule has 2 aliphatic carbocycles. The molecule has 2 heterocycles. The lowest BCUT2D eigenvalue weighted by Gasteiger charge is -2.44. The Kier molecular flexibility index (Phi) is 6.22. The topological polar surface area (TPSA) is 195 Å². The van der Waals surface area contributed by atoms with Gasteiger partial charge in [-0.1, -0.05) is 12.1 Å². The summed E-state index contributed by atoms with van der Waals surface area (Å²) in [5.41, 5.74) is 0.112. The Bertz CT molecular complexity index is 1760. The van der Waals surface area contributed by atoms with E-state index in [1.54, 1.807) is 17.0 Å². The molecule has 0 aromatic heterocycles. The van der Waals surface area contributed by atoms with E-state index in [2.05, 4.69) is 9.71 Å². The molecule has 216 valence electrons. The molecule has 2 aromatic rings. The molecule has 2 bridgehead atoms. The molecule has 41 heavy (non-hydrogen) atoms. The smallest absolute Gasteiger partial charge is 0.419 e. The van der Waals surface area contributed by atoms with Crippen molar-refractivity contribution in [1.29, 1.82) is 0 Å². The standard InChI is InChI=1S/C25H24FN5O8S2/c26-15-5-1-12(2-6-15)11-31-21-14-4-3-13(9-14)19(21)22(32)20(24(31)33)23-27-17-8-7-16(10-18(17)40(36,37)29-23)28-41(38,39)30-25(34)35/h1-2,5-8,10,13-14,19,21,28,30,32H,3-4,9,11H2,(H,27,29)(H,34,35)/t13-,14+,19+,21-/m0/s1. The third-order valence-corrected chi connectivity index (χ3v) is 10.2. The van der Waals surface area contributed by atoms with Crippen molar-refractivity contribution in [3.8, 4) is 0 Å². The van der Waals surface area contributed by atoms with Crippen LogP contribution in [0.25, 0.3) is 0 Å². The Hall–Kier alpha value is -4.18. The van der Waals surface area contributed by atoms with Gasteiger partial charge < -0.3 is 20.4 Å². The molecular formula is C25H24FN5O8S2. The van der Waals surface area contributed by atoms with Crippen LogP contribution >= 0.6 is 0 Å². The van der Waals surface area contributed by atoms with E-state index >= 15 is 0 Å². The number of carbonyl (C=O) groups excluding carboxylic acids is 1. The van der Waals surface area contributed by atoms with Crippen LogP contribution in [0.2, 0.25) is 0 Å². The minimum absolute atomic E-state index is 0.0302. The van der Waals surface area contributed by atoms with Gasteiger partial charge in [-0.25, -0.2) is 13.9 Å². The molecule has 4 atom stereocenters. The van der Waals surface area contributed by atoms with Gasteiger partial charge in [0.05, 0.1) is 11.4 Å². The molecule has 2 amide bonds. The summed E-state index contributed by atoms with van der Waals surface area (Å²) >= 11 is 0. The van der Waals surface area contributed by atoms with Gasteiger partial charge in [0.1, 0.15) is 22.0 Å². The highest BCUT2D eigenvalue weighted by Crippen LogP contribution is 2.55. The molecule has 2 aromatic carbocycles. The number of carboxylic acid groups (broad SMARTS) is 1. The summed E-state index contributed by atoms with van der Waals surface area (Å²) in [4.78, 5) is 25.8. The fourth-order valence-corrected chi connectivity index (χ4v) is 8.33. The van der Waals surface area contributed by atoms with E-state index in [-0.39, 0.29) is 53.0 Å². The number of rotatable bonds is 6. The number of halogens is 1. The Morgan fingerprint density at radius 3 is 2.56 bits per heavy atom. The molecule has 16 heteroatoms. The highest BCUT2D eigenvalue weighted by Gasteiger charge is 2.57. The number of hydrogen-bond donors (Lipinski definition) is 5. The van der Waals surface area contributed by atoms with Gasteiger partial charge in [-0.3, -0.25) is 9.52 Å². The number of aliphatic hydroxyl groups is 1. The van der Waals surface area contributed by atoms with Crippen molar-refractivity contribution in [3.05, 3.63) is 65.2 Å². The summed E-state index contributed by atoms with van der Waals surface area (Å²) in [6, 6.07) is 8.78. The minimum Gasteiger partial charge on any atom is -0.511 e. The molecule has 2 saturated carbocycles. The summed E-state index contributed by atoms with van der Waals surface area (Å²) in [7, 11) is -9.06. The van der Waals surface area contributed by atoms with Crippen molar-refractivity contribution >= 4 is 49.4 Å². The zero-order valence-corrected chi connectivity index (χ0v) is 22.7. The lowest BCUT2D eigenvalue weighted by atomic mass is 9.77. The summed E-state index contributed by atoms with van der Waals surface area (Å²) < 4.78 is 70.7. The molecule has 4 aliphatic rings. The number of anilines is 2. The minimum atomic E-state index is -4.55. The number of carbonyl (C=O) groups is 2. The molecule has 0 unspecified atom stereocenters. The van der Waals surface area contributed by atoms with Gasteiger partial charge in [-0.2, -0.15) is 16.8 Å². The Balaban J connectivity index is 1.36. The van der Waals surface area contributed by atoms with Gasteiger partial charge in [0, 0.05) is 18.5 Å². The van der Waals surface area contributed by atoms with Gasteiger partial charge in [0.25, 0.3) is 15.9 Å². The normalized spacial score (nSPS) is 26.1. The molecule has 2 aliphatic heterocycles. The Morgan fingerprint density at radius 1 is 1.15 bits per heavy atom. The third-order valence-electron chi connectivity index (χ3n) is 7.98. The van der Waals surface area contributed by atoms with Crippen LogP contribution in [0.5, 0.6) is 0 Å². The van der Waals surface area contributed by atoms with E-state index in [0.29, 0.717) is 5.56 Å². The van der Waals surface area contributed by atoms with E-state index in [1.807, 2.05) is 4.72 Å². The fourth-order valence-electron chi connectivity index (χ4n) is 6.46. The van der Waals surface area contributed by atoms with E-state index in [1.165, 1.54) is 29.0 Å². The number of aliphatic hydroxyl groups excluding tert-OH is 1. The van der Waals surface area contributed by atoms with Gasteiger partial charge in [0.15, 0.2) is 5.84 Å². The maximum atomic E-state index is 13.9. The second-order valence-corrected chi connectivity index (χ2v) is 13.4. The van der Waals surface area contributed by atoms with Crippen LogP contribution in [0, 0.1) is 23.6 Å². The number of nitrogens with zero attached hydrogens (tertiary/aromatic N) is 2. The lowest BCUT2D eigenvalue weighted by molar-refractivity contribution is -0.134. The molecule has 13 nitrogen and oxygen atoms in total. The zero-order chi connectivity index (χ0) is 29.3. The predicted molar refractivity (Wildman–Crippen MR) is 143 cm³/mol. The highest BCUT2D eigenvalue weighted by atomic mass is 32.2. The number of sulfonamides is 1. The number of nitrogens with one attached hydrogen (secondary N) is 3. The predicted octanol–water partition coefficient (Wildman–Crippen LogP) is 2.53. The highest BCUT2D eigenvalue weighted by molar-refractivity contribution is 7.91. The van der Waals surface area contributed by atoms with Crippen molar-refractivity contribution in [3.63, 3.8) is 0 Å². The average molecular weight is 606 g/mol. The van der Waals surface area contributed by atoms with Crippen molar-refractivity contribution in [2.75, 3.05) is 10.0 Å². The molecule has 5 N–H and O–H groups in total. The fraction of sp³-hybridized carbons (Fsp3) is 0.320. The van der Waals surface area contributed by atoms with Crippen molar-refractivity contribution < 1.29 is 41.0 Å². The molecule has 0 radical (unpaired) electrons. The van der Waals surface area contributed by atoms with Crippen LogP contribution in [0.15, 0.2) is 63.1 Å². The van der Waals surface area contributed by atoms with Crippen LogP contribution in [0.3, 0.4) is 0 Å². The zero-order valence-electron chi connectivity index (χ0n) is 21.1. The van der Waals surface area contributed by atoms with Crippen LogP contribution in [0.1, 0.15) is 24.8 Å². The SMILES string of the molecule is O=C(O)NS(=O)(=O)Nc1ccc2c(c1)S(=O)(=O)N=C(C1=C(O)[C@@H]3[C@H]4CC[C@H](C4)[C@@H]3N(Cc3ccc(F)cc3)C1=O)N2.